The molecular formula is C30H25F2N5O2. The van der Waals surface area contributed by atoms with Crippen LogP contribution >= 0.6 is 0 Å². The summed E-state index contributed by atoms with van der Waals surface area (Å²) in [7, 11) is 1.70. The fourth-order valence-corrected chi connectivity index (χ4v) is 4.75. The lowest BCUT2D eigenvalue weighted by molar-refractivity contribution is -0.130. The molecule has 1 aliphatic rings. The van der Waals surface area contributed by atoms with Crippen LogP contribution in [0.5, 0.6) is 0 Å². The highest BCUT2D eigenvalue weighted by atomic mass is 19.1. The highest BCUT2D eigenvalue weighted by Gasteiger charge is 2.52. The number of hydrogen-bond acceptors (Lipinski definition) is 4. The molecule has 0 bridgehead atoms. The van der Waals surface area contributed by atoms with E-state index in [-0.39, 0.29) is 18.4 Å². The molecule has 2 N–H and O–H groups in total. The number of amides is 2. The Labute approximate surface area is 224 Å². The van der Waals surface area contributed by atoms with Gasteiger partial charge in [0.15, 0.2) is 11.5 Å². The Bertz CT molecular complexity index is 1480. The molecule has 5 rings (SSSR count). The largest absolute Gasteiger partial charge is 0.337 e. The summed E-state index contributed by atoms with van der Waals surface area (Å²) in [5.74, 6) is -1.79. The number of halogens is 2. The second-order valence-corrected chi connectivity index (χ2v) is 9.35. The molecule has 2 amide bonds. The third kappa shape index (κ3) is 4.98. The maximum absolute atomic E-state index is 14.0. The number of benzene rings is 3. The van der Waals surface area contributed by atoms with Crippen molar-refractivity contribution in [2.24, 2.45) is 0 Å². The fourth-order valence-electron chi connectivity index (χ4n) is 4.75. The number of hydrogen-bond donors (Lipinski definition) is 2. The van der Waals surface area contributed by atoms with Crippen molar-refractivity contribution in [1.82, 2.24) is 20.1 Å². The molecule has 0 saturated carbocycles. The zero-order chi connectivity index (χ0) is 27.6. The van der Waals surface area contributed by atoms with Crippen molar-refractivity contribution < 1.29 is 18.4 Å². The normalized spacial score (nSPS) is 14.3. The minimum atomic E-state index is -1.55. The van der Waals surface area contributed by atoms with E-state index in [0.717, 1.165) is 5.56 Å². The Morgan fingerprint density at radius 3 is 2.15 bits per heavy atom. The average Bonchev–Trinajstić information content (AvgIpc) is 3.19. The van der Waals surface area contributed by atoms with Gasteiger partial charge >= 0.3 is 0 Å². The lowest BCUT2D eigenvalue weighted by Crippen LogP contribution is -2.45. The smallest absolute Gasteiger partial charge is 0.264 e. The van der Waals surface area contributed by atoms with Gasteiger partial charge in [0.25, 0.3) is 11.8 Å². The minimum absolute atomic E-state index is 0.0161. The zero-order valence-corrected chi connectivity index (χ0v) is 21.1. The van der Waals surface area contributed by atoms with Crippen molar-refractivity contribution in [3.05, 3.63) is 137 Å². The van der Waals surface area contributed by atoms with Crippen LogP contribution in [0.3, 0.4) is 0 Å². The molecule has 2 heterocycles. The topological polar surface area (TPSA) is 89.4 Å². The Balaban J connectivity index is 1.43. The number of pyridine rings is 1. The molecule has 196 valence electrons. The minimum Gasteiger partial charge on any atom is -0.337 e. The van der Waals surface area contributed by atoms with Crippen LogP contribution in [0.1, 0.15) is 32.6 Å². The summed E-state index contributed by atoms with van der Waals surface area (Å²) in [6, 6.07) is 21.4. The van der Waals surface area contributed by atoms with Gasteiger partial charge in [-0.15, -0.1) is 0 Å². The molecule has 1 fully saturated rings. The van der Waals surface area contributed by atoms with E-state index in [0.29, 0.717) is 28.8 Å². The molecule has 0 unspecified atom stereocenters. The Morgan fingerprint density at radius 2 is 1.56 bits per heavy atom. The van der Waals surface area contributed by atoms with Gasteiger partial charge in [0.2, 0.25) is 0 Å². The number of nitrogens with zero attached hydrogens (tertiary/aromatic N) is 3. The third-order valence-corrected chi connectivity index (χ3v) is 6.70. The van der Waals surface area contributed by atoms with Gasteiger partial charge in [-0.2, -0.15) is 0 Å². The van der Waals surface area contributed by atoms with Crippen LogP contribution in [0.25, 0.3) is 0 Å². The molecule has 0 aliphatic carbocycles. The molecule has 0 radical (unpaired) electrons. The molecule has 4 aromatic rings. The number of carbonyl (C=O) groups excluding carboxylic acids is 2. The highest BCUT2D eigenvalue weighted by Crippen LogP contribution is 2.36. The van der Waals surface area contributed by atoms with Crippen LogP contribution in [0.15, 0.2) is 97.3 Å². The van der Waals surface area contributed by atoms with Crippen LogP contribution < -0.4 is 5.32 Å². The highest BCUT2D eigenvalue weighted by molar-refractivity contribution is 6.10. The second-order valence-electron chi connectivity index (χ2n) is 9.35. The molecule has 1 saturated heterocycles. The van der Waals surface area contributed by atoms with Gasteiger partial charge in [-0.1, -0.05) is 42.5 Å². The number of nitrogens with one attached hydrogen (secondary N) is 2. The quantitative estimate of drug-likeness (QED) is 0.373. The van der Waals surface area contributed by atoms with Crippen molar-refractivity contribution >= 4 is 17.8 Å². The van der Waals surface area contributed by atoms with E-state index in [1.165, 1.54) is 53.4 Å². The van der Waals surface area contributed by atoms with E-state index >= 15 is 0 Å². The zero-order valence-electron chi connectivity index (χ0n) is 21.1. The second kappa shape index (κ2) is 10.4. The van der Waals surface area contributed by atoms with Crippen LogP contribution in [0.2, 0.25) is 0 Å². The third-order valence-electron chi connectivity index (χ3n) is 6.70. The first-order valence-electron chi connectivity index (χ1n) is 12.2. The van der Waals surface area contributed by atoms with Crippen molar-refractivity contribution in [3.63, 3.8) is 0 Å². The maximum Gasteiger partial charge on any atom is 0.264 e. The van der Waals surface area contributed by atoms with E-state index < -0.39 is 23.1 Å². The molecule has 0 spiro atoms. The standard InChI is InChI=1S/C30H25F2N5O2/c1-36(18-21-5-3-15-34-17-21)27(38)22-6-2-4-20(16-22)19-37-28(39)30(35-29(37)33,23-7-11-25(31)12-8-23)24-9-13-26(32)14-10-24/h2-17H,18-19H2,1H3,(H2,33,35). The molecule has 0 atom stereocenters. The van der Waals surface area contributed by atoms with Crippen LogP contribution in [0.4, 0.5) is 8.78 Å². The first-order chi connectivity index (χ1) is 18.8. The summed E-state index contributed by atoms with van der Waals surface area (Å²) >= 11 is 0. The van der Waals surface area contributed by atoms with E-state index in [2.05, 4.69) is 10.3 Å². The summed E-state index contributed by atoms with van der Waals surface area (Å²) in [5.41, 5.74) is 1.25. The van der Waals surface area contributed by atoms with Crippen LogP contribution in [-0.2, 0) is 23.4 Å². The summed E-state index contributed by atoms with van der Waals surface area (Å²) < 4.78 is 27.5. The maximum atomic E-state index is 14.0. The molecular weight excluding hydrogens is 500 g/mol. The Morgan fingerprint density at radius 1 is 0.949 bits per heavy atom. The fraction of sp³-hybridized carbons (Fsp3) is 0.133. The number of rotatable bonds is 7. The van der Waals surface area contributed by atoms with Gasteiger partial charge in [0.05, 0.1) is 6.54 Å². The predicted molar refractivity (Wildman–Crippen MR) is 141 cm³/mol. The summed E-state index contributed by atoms with van der Waals surface area (Å²) in [5, 5.41) is 11.6. The Hall–Kier alpha value is -4.92. The predicted octanol–water partition coefficient (Wildman–Crippen LogP) is 4.44. The molecule has 7 nitrogen and oxygen atoms in total. The summed E-state index contributed by atoms with van der Waals surface area (Å²) in [6.45, 7) is 0.399. The molecule has 9 heteroatoms. The molecule has 3 aromatic carbocycles. The van der Waals surface area contributed by atoms with E-state index in [1.54, 1.807) is 48.6 Å². The van der Waals surface area contributed by atoms with E-state index in [4.69, 9.17) is 5.41 Å². The van der Waals surface area contributed by atoms with Gasteiger partial charge in [-0.3, -0.25) is 24.9 Å². The lowest BCUT2D eigenvalue weighted by Gasteiger charge is -2.28. The van der Waals surface area contributed by atoms with E-state index in [9.17, 15) is 18.4 Å². The van der Waals surface area contributed by atoms with Gasteiger partial charge < -0.3 is 10.2 Å². The van der Waals surface area contributed by atoms with Crippen LogP contribution in [-0.4, -0.2) is 39.6 Å². The van der Waals surface area contributed by atoms with Crippen molar-refractivity contribution in [3.8, 4) is 0 Å². The van der Waals surface area contributed by atoms with Crippen molar-refractivity contribution in [2.75, 3.05) is 7.05 Å². The van der Waals surface area contributed by atoms with Gasteiger partial charge in [0, 0.05) is 31.5 Å². The number of guanidine groups is 1. The summed E-state index contributed by atoms with van der Waals surface area (Å²) in [4.78, 5) is 34.0. The van der Waals surface area contributed by atoms with Gasteiger partial charge in [-0.25, -0.2) is 8.78 Å². The first-order valence-corrected chi connectivity index (χ1v) is 12.2. The molecule has 1 aromatic heterocycles. The first kappa shape index (κ1) is 25.7. The summed E-state index contributed by atoms with van der Waals surface area (Å²) in [6.07, 6.45) is 3.37. The number of aromatic nitrogens is 1. The SMILES string of the molecule is CN(Cc1cccnc1)C(=O)c1cccc(CN2C(=N)NC(c3ccc(F)cc3)(c3ccc(F)cc3)C2=O)c1. The average molecular weight is 526 g/mol. The molecule has 39 heavy (non-hydrogen) atoms. The van der Waals surface area contributed by atoms with E-state index in [1.807, 2.05) is 12.1 Å². The van der Waals surface area contributed by atoms with Crippen molar-refractivity contribution in [1.29, 1.82) is 5.41 Å². The molecule has 1 aliphatic heterocycles. The van der Waals surface area contributed by atoms with Crippen LogP contribution in [0, 0.1) is 17.0 Å². The lowest BCUT2D eigenvalue weighted by atomic mass is 9.82. The Kier molecular flexibility index (Phi) is 6.89. The van der Waals surface area contributed by atoms with Gasteiger partial charge in [0.1, 0.15) is 11.6 Å². The van der Waals surface area contributed by atoms with Gasteiger partial charge in [-0.05, 0) is 64.7 Å². The monoisotopic (exact) mass is 525 g/mol. The van der Waals surface area contributed by atoms with Crippen molar-refractivity contribution in [2.45, 2.75) is 18.6 Å². The number of carbonyl (C=O) groups is 2.